The number of alkyl halides is 3. The van der Waals surface area contributed by atoms with E-state index in [4.69, 9.17) is 0 Å². The third-order valence-corrected chi connectivity index (χ3v) is 3.54. The van der Waals surface area contributed by atoms with Gasteiger partial charge in [0.15, 0.2) is 0 Å². The molecule has 1 unspecified atom stereocenters. The van der Waals surface area contributed by atoms with Crippen molar-refractivity contribution >= 4 is 11.8 Å². The van der Waals surface area contributed by atoms with Crippen LogP contribution in [0.2, 0.25) is 0 Å². The summed E-state index contributed by atoms with van der Waals surface area (Å²) in [4.78, 5) is 24.3. The van der Waals surface area contributed by atoms with Crippen molar-refractivity contribution in [2.75, 3.05) is 0 Å². The number of imide groups is 1. The Morgan fingerprint density at radius 2 is 1.55 bits per heavy atom. The summed E-state index contributed by atoms with van der Waals surface area (Å²) in [6, 6.07) is 13.3. The Hall–Kier alpha value is -2.63. The third kappa shape index (κ3) is 2.16. The molecule has 22 heavy (non-hydrogen) atoms. The molecule has 2 aromatic rings. The fourth-order valence-electron chi connectivity index (χ4n) is 2.63. The van der Waals surface area contributed by atoms with Crippen LogP contribution >= 0.6 is 0 Å². The number of halogens is 3. The van der Waals surface area contributed by atoms with Gasteiger partial charge < -0.3 is 0 Å². The Labute approximate surface area is 124 Å². The minimum absolute atomic E-state index is 0.119. The van der Waals surface area contributed by atoms with Crippen LogP contribution < -0.4 is 0 Å². The van der Waals surface area contributed by atoms with E-state index in [1.54, 1.807) is 48.5 Å². The molecule has 0 spiro atoms. The zero-order valence-electron chi connectivity index (χ0n) is 11.2. The normalized spacial score (nSPS) is 17.5. The number of fused-ring (bicyclic) bond motifs is 1. The van der Waals surface area contributed by atoms with E-state index >= 15 is 0 Å². The molecule has 0 fully saturated rings. The van der Waals surface area contributed by atoms with Crippen LogP contribution in [0.4, 0.5) is 13.2 Å². The molecule has 1 aliphatic heterocycles. The molecule has 1 heterocycles. The fraction of sp³-hybridized carbons (Fsp3) is 0.125. The quantitative estimate of drug-likeness (QED) is 0.810. The van der Waals surface area contributed by atoms with Crippen LogP contribution in [-0.2, 0) is 4.79 Å². The Balaban J connectivity index is 2.17. The Morgan fingerprint density at radius 1 is 0.955 bits per heavy atom. The molecule has 0 bridgehead atoms. The average Bonchev–Trinajstić information content (AvgIpc) is 2.80. The lowest BCUT2D eigenvalue weighted by Crippen LogP contribution is -2.43. The maximum atomic E-state index is 12.8. The van der Waals surface area contributed by atoms with E-state index in [2.05, 4.69) is 0 Å². The van der Waals surface area contributed by atoms with Gasteiger partial charge in [0.05, 0.1) is 6.04 Å². The molecule has 0 saturated carbocycles. The van der Waals surface area contributed by atoms with Gasteiger partial charge >= 0.3 is 12.1 Å². The predicted octanol–water partition coefficient (Wildman–Crippen LogP) is 3.32. The molecule has 112 valence electrons. The molecule has 2 aromatic carbocycles. The second kappa shape index (κ2) is 4.98. The highest BCUT2D eigenvalue weighted by atomic mass is 19.4. The summed E-state index contributed by atoms with van der Waals surface area (Å²) in [5.41, 5.74) is 0.976. The van der Waals surface area contributed by atoms with Crippen molar-refractivity contribution in [3.05, 3.63) is 71.3 Å². The van der Waals surface area contributed by atoms with Crippen molar-refractivity contribution < 1.29 is 22.8 Å². The molecule has 1 aliphatic rings. The number of nitrogens with zero attached hydrogens (tertiary/aromatic N) is 1. The van der Waals surface area contributed by atoms with Crippen LogP contribution in [0.15, 0.2) is 54.6 Å². The van der Waals surface area contributed by atoms with Crippen LogP contribution in [0.5, 0.6) is 0 Å². The molecular weight excluding hydrogens is 295 g/mol. The number of hydrogen-bond donors (Lipinski definition) is 0. The van der Waals surface area contributed by atoms with E-state index in [1.165, 1.54) is 6.07 Å². The first-order chi connectivity index (χ1) is 10.4. The predicted molar refractivity (Wildman–Crippen MR) is 72.0 cm³/mol. The largest absolute Gasteiger partial charge is 0.471 e. The van der Waals surface area contributed by atoms with Crippen molar-refractivity contribution in [3.8, 4) is 0 Å². The lowest BCUT2D eigenvalue weighted by molar-refractivity contribution is -0.183. The molecule has 3 nitrogen and oxygen atoms in total. The first kappa shape index (κ1) is 14.3. The van der Waals surface area contributed by atoms with Crippen molar-refractivity contribution in [2.24, 2.45) is 0 Å². The van der Waals surface area contributed by atoms with Gasteiger partial charge in [0.2, 0.25) is 0 Å². The van der Waals surface area contributed by atoms with Crippen LogP contribution in [0, 0.1) is 0 Å². The van der Waals surface area contributed by atoms with Gasteiger partial charge in [-0.1, -0.05) is 48.5 Å². The number of benzene rings is 2. The van der Waals surface area contributed by atoms with E-state index < -0.39 is 24.0 Å². The van der Waals surface area contributed by atoms with Crippen molar-refractivity contribution in [1.82, 2.24) is 4.90 Å². The summed E-state index contributed by atoms with van der Waals surface area (Å²) < 4.78 is 38.5. The van der Waals surface area contributed by atoms with Gasteiger partial charge in [0.1, 0.15) is 0 Å². The van der Waals surface area contributed by atoms with E-state index in [0.717, 1.165) is 0 Å². The van der Waals surface area contributed by atoms with Gasteiger partial charge in [0.25, 0.3) is 5.91 Å². The number of carbonyl (C=O) groups is 2. The molecular formula is C16H10F3NO2. The number of hydrogen-bond acceptors (Lipinski definition) is 2. The topological polar surface area (TPSA) is 37.4 Å². The highest BCUT2D eigenvalue weighted by Crippen LogP contribution is 2.40. The number of rotatable bonds is 1. The minimum Gasteiger partial charge on any atom is -0.269 e. The number of amides is 2. The van der Waals surface area contributed by atoms with E-state index in [0.29, 0.717) is 16.0 Å². The lowest BCUT2D eigenvalue weighted by Gasteiger charge is -2.24. The number of carbonyl (C=O) groups excluding carboxylic acids is 2. The van der Waals surface area contributed by atoms with Crippen molar-refractivity contribution in [3.63, 3.8) is 0 Å². The molecule has 2 amide bonds. The molecule has 0 aliphatic carbocycles. The van der Waals surface area contributed by atoms with Gasteiger partial charge in [-0.05, 0) is 17.2 Å². The zero-order chi connectivity index (χ0) is 15.9. The summed E-state index contributed by atoms with van der Waals surface area (Å²) in [7, 11) is 0. The van der Waals surface area contributed by atoms with Gasteiger partial charge in [-0.25, -0.2) is 0 Å². The Bertz CT molecular complexity index is 741. The lowest BCUT2D eigenvalue weighted by atomic mass is 9.98. The molecule has 0 saturated heterocycles. The first-order valence-electron chi connectivity index (χ1n) is 6.50. The van der Waals surface area contributed by atoms with Gasteiger partial charge in [-0.3, -0.25) is 14.5 Å². The monoisotopic (exact) mass is 305 g/mol. The highest BCUT2D eigenvalue weighted by molar-refractivity contribution is 6.10. The maximum absolute atomic E-state index is 12.8. The fourth-order valence-corrected chi connectivity index (χ4v) is 2.63. The van der Waals surface area contributed by atoms with E-state index in [9.17, 15) is 22.8 Å². The zero-order valence-corrected chi connectivity index (χ0v) is 11.2. The highest BCUT2D eigenvalue weighted by Gasteiger charge is 2.51. The molecule has 0 N–H and O–H groups in total. The van der Waals surface area contributed by atoms with E-state index in [1.807, 2.05) is 0 Å². The average molecular weight is 305 g/mol. The van der Waals surface area contributed by atoms with Crippen molar-refractivity contribution in [1.29, 1.82) is 0 Å². The van der Waals surface area contributed by atoms with E-state index in [-0.39, 0.29) is 5.56 Å². The summed E-state index contributed by atoms with van der Waals surface area (Å²) in [6.45, 7) is 0. The summed E-state index contributed by atoms with van der Waals surface area (Å²) >= 11 is 0. The van der Waals surface area contributed by atoms with Gasteiger partial charge in [-0.2, -0.15) is 13.2 Å². The smallest absolute Gasteiger partial charge is 0.269 e. The summed E-state index contributed by atoms with van der Waals surface area (Å²) in [6.07, 6.45) is -5.11. The van der Waals surface area contributed by atoms with Crippen molar-refractivity contribution in [2.45, 2.75) is 12.2 Å². The summed E-state index contributed by atoms with van der Waals surface area (Å²) in [5.74, 6) is -3.07. The second-order valence-electron chi connectivity index (χ2n) is 4.88. The van der Waals surface area contributed by atoms with Gasteiger partial charge in [-0.15, -0.1) is 0 Å². The standard InChI is InChI=1S/C16H10F3NO2/c17-16(18,19)15(22)20-13(10-6-2-1-3-7-10)11-8-4-5-9-12(11)14(20)21/h1-9,13H. The first-order valence-corrected chi connectivity index (χ1v) is 6.50. The van der Waals surface area contributed by atoms with Gasteiger partial charge in [0, 0.05) is 5.56 Å². The Kier molecular flexibility index (Phi) is 3.24. The summed E-state index contributed by atoms with van der Waals surface area (Å²) in [5, 5.41) is 0. The molecule has 1 atom stereocenters. The molecule has 0 aromatic heterocycles. The molecule has 6 heteroatoms. The molecule has 3 rings (SSSR count). The van der Waals surface area contributed by atoms with Crippen LogP contribution in [0.25, 0.3) is 0 Å². The SMILES string of the molecule is O=C1c2ccccc2C(c2ccccc2)N1C(=O)C(F)(F)F. The second-order valence-corrected chi connectivity index (χ2v) is 4.88. The van der Waals surface area contributed by atoms with Crippen LogP contribution in [0.1, 0.15) is 27.5 Å². The van der Waals surface area contributed by atoms with Crippen LogP contribution in [0.3, 0.4) is 0 Å². The Morgan fingerprint density at radius 3 is 2.18 bits per heavy atom. The molecule has 0 radical (unpaired) electrons. The maximum Gasteiger partial charge on any atom is 0.471 e. The third-order valence-electron chi connectivity index (χ3n) is 3.54. The minimum atomic E-state index is -5.11. The van der Waals surface area contributed by atoms with Crippen LogP contribution in [-0.4, -0.2) is 22.9 Å².